The molecule has 5 heterocycles. The maximum Gasteiger partial charge on any atom is 0.181 e. The molecule has 1 radical (unpaired) electrons. The van der Waals surface area contributed by atoms with Gasteiger partial charge in [0.05, 0.1) is 17.1 Å². The Labute approximate surface area is 327 Å². The zero-order valence-corrected chi connectivity index (χ0v) is 32.7. The molecule has 0 amide bonds. The maximum absolute atomic E-state index is 7.19. The molecule has 0 unspecified atom stereocenters. The van der Waals surface area contributed by atoms with Crippen molar-refractivity contribution in [3.63, 3.8) is 0 Å². The van der Waals surface area contributed by atoms with Gasteiger partial charge in [0.2, 0.25) is 0 Å². The van der Waals surface area contributed by atoms with Gasteiger partial charge in [-0.3, -0.25) is 9.97 Å². The van der Waals surface area contributed by atoms with Crippen molar-refractivity contribution in [3.8, 4) is 45.4 Å². The average molecular weight is 877 g/mol. The first-order chi connectivity index (χ1) is 26.2. The molecule has 0 N–H and O–H groups in total. The minimum Gasteiger partial charge on any atom is -0.500 e. The van der Waals surface area contributed by atoms with Gasteiger partial charge in [-0.1, -0.05) is 95.0 Å². The Morgan fingerprint density at radius 3 is 1.98 bits per heavy atom. The van der Waals surface area contributed by atoms with Gasteiger partial charge in [0.1, 0.15) is 22.9 Å². The van der Waals surface area contributed by atoms with Gasteiger partial charge in [-0.05, 0) is 24.2 Å². The van der Waals surface area contributed by atoms with Crippen molar-refractivity contribution in [2.45, 2.75) is 59.2 Å². The Kier molecular flexibility index (Phi) is 9.58. The molecule has 0 aliphatic heterocycles. The third kappa shape index (κ3) is 8.12. The first-order valence-corrected chi connectivity index (χ1v) is 17.0. The molecule has 0 saturated carbocycles. The Hall–Kier alpha value is -5.50. The van der Waals surface area contributed by atoms with E-state index in [1.165, 1.54) is 12.4 Å². The van der Waals surface area contributed by atoms with Crippen LogP contribution in [0, 0.1) is 19.0 Å². The topological polar surface area (TPSA) is 103 Å². The Morgan fingerprint density at radius 2 is 1.36 bits per heavy atom. The molecule has 0 spiro atoms. The number of furan rings is 1. The zero-order chi connectivity index (χ0) is 39.0. The molecule has 0 aliphatic carbocycles. The van der Waals surface area contributed by atoms with Gasteiger partial charge in [0.25, 0.3) is 0 Å². The zero-order valence-electron chi connectivity index (χ0n) is 33.3. The largest absolute Gasteiger partial charge is 0.500 e. The Balaban J connectivity index is 0.000000263. The van der Waals surface area contributed by atoms with Crippen LogP contribution >= 0.6 is 0 Å². The summed E-state index contributed by atoms with van der Waals surface area (Å²) in [6, 6.07) is 35.5. The monoisotopic (exact) mass is 877 g/mol. The molecule has 0 bridgehead atoms. The summed E-state index contributed by atoms with van der Waals surface area (Å²) >= 11 is 0. The molecule has 8 rings (SSSR count). The van der Waals surface area contributed by atoms with Gasteiger partial charge in [-0.2, -0.15) is 0 Å². The molecular weight excluding hydrogens is 835 g/mol. The van der Waals surface area contributed by atoms with Crippen LogP contribution in [0.1, 0.15) is 62.9 Å². The fourth-order valence-electron chi connectivity index (χ4n) is 5.54. The molecule has 0 saturated heterocycles. The summed E-state index contributed by atoms with van der Waals surface area (Å²) in [6.45, 7) is 10.5. The predicted octanol–water partition coefficient (Wildman–Crippen LogP) is 10.2. The van der Waals surface area contributed by atoms with Gasteiger partial charge in [-0.15, -0.1) is 54.1 Å². The van der Waals surface area contributed by atoms with E-state index in [1.54, 1.807) is 12.3 Å². The molecular formula is C44H39IrN7O-2. The second kappa shape index (κ2) is 15.2. The summed E-state index contributed by atoms with van der Waals surface area (Å²) < 4.78 is 28.2. The number of pyridine rings is 2. The predicted molar refractivity (Wildman–Crippen MR) is 206 cm³/mol. The minimum atomic E-state index is -2.15. The number of hydrogen-bond donors (Lipinski definition) is 0. The normalized spacial score (nSPS) is 12.6. The molecule has 5 aromatic heterocycles. The second-order valence-corrected chi connectivity index (χ2v) is 14.4. The van der Waals surface area contributed by atoms with Gasteiger partial charge in [0, 0.05) is 70.7 Å². The van der Waals surface area contributed by atoms with E-state index in [0.717, 1.165) is 56.1 Å². The van der Waals surface area contributed by atoms with Crippen molar-refractivity contribution in [1.82, 2.24) is 34.9 Å². The van der Waals surface area contributed by atoms with Crippen molar-refractivity contribution >= 4 is 21.9 Å². The van der Waals surface area contributed by atoms with Gasteiger partial charge in [0.15, 0.2) is 5.82 Å². The molecule has 8 nitrogen and oxygen atoms in total. The van der Waals surface area contributed by atoms with Crippen LogP contribution in [-0.4, -0.2) is 34.9 Å². The summed E-state index contributed by atoms with van der Waals surface area (Å²) in [6.07, 6.45) is 4.44. The summed E-state index contributed by atoms with van der Waals surface area (Å²) in [7, 11) is 0. The number of hydrogen-bond acceptors (Lipinski definition) is 8. The smallest absolute Gasteiger partial charge is 0.181 e. The van der Waals surface area contributed by atoms with Gasteiger partial charge < -0.3 is 9.40 Å². The van der Waals surface area contributed by atoms with E-state index in [0.29, 0.717) is 22.9 Å². The Bertz CT molecular complexity index is 2550. The van der Waals surface area contributed by atoms with E-state index in [9.17, 15) is 0 Å². The van der Waals surface area contributed by atoms with Crippen molar-refractivity contribution in [2.24, 2.45) is 0 Å². The summed E-state index contributed by atoms with van der Waals surface area (Å²) in [5.41, 5.74) is 5.88. The van der Waals surface area contributed by atoms with Crippen molar-refractivity contribution in [3.05, 3.63) is 139 Å². The van der Waals surface area contributed by atoms with Crippen LogP contribution in [0.25, 0.3) is 67.4 Å². The first kappa shape index (κ1) is 33.3. The SMILES string of the molecule is CC(C)(C)c1nc(-c2cc3oc4c(-c5ccccn5)[c-]ccc4c3c(-c3ccccc3)n2)nc(C(C)(C)C)n1.[2H]C([2H])([2H])c1cnc(-c2[c-]cccc2)nc1.[Ir]. The summed E-state index contributed by atoms with van der Waals surface area (Å²) in [5.74, 6) is 2.49. The third-order valence-electron chi connectivity index (χ3n) is 8.19. The molecule has 9 heteroatoms. The molecule has 0 fully saturated rings. The maximum atomic E-state index is 7.19. The van der Waals surface area contributed by atoms with E-state index in [1.807, 2.05) is 72.8 Å². The van der Waals surface area contributed by atoms with Crippen molar-refractivity contribution < 1.29 is 28.6 Å². The minimum absolute atomic E-state index is 0. The van der Waals surface area contributed by atoms with E-state index in [-0.39, 0.29) is 36.5 Å². The fourth-order valence-corrected chi connectivity index (χ4v) is 5.54. The van der Waals surface area contributed by atoms with Crippen LogP contribution in [0.4, 0.5) is 0 Å². The molecule has 0 atom stereocenters. The standard InChI is InChI=1S/C33H30N5O.C11H9N2.Ir/c1-32(2,3)30-36-29(37-31(38-30)33(4,5)6)24-19-25-26(27(35-24)20-13-8-7-9-14-20)22-16-12-15-21(28(22)39-25)23-17-10-11-18-34-23;1-9-7-12-11(13-8-9)10-5-3-2-4-6-10;/h7-14,16-19H,1-6H3;2-5,7-8H,1H3;/q2*-1;/i;1D3;. The van der Waals surface area contributed by atoms with Crippen LogP contribution in [0.5, 0.6) is 0 Å². The first-order valence-electron chi connectivity index (χ1n) is 18.5. The quantitative estimate of drug-likeness (QED) is 0.161. The second-order valence-electron chi connectivity index (χ2n) is 14.4. The fraction of sp³-hybridized carbons (Fsp3) is 0.205. The summed E-state index contributed by atoms with van der Waals surface area (Å²) in [4.78, 5) is 32.4. The van der Waals surface area contributed by atoms with Crippen LogP contribution in [0.15, 0.2) is 114 Å². The van der Waals surface area contributed by atoms with Gasteiger partial charge in [-0.25, -0.2) is 19.9 Å². The van der Waals surface area contributed by atoms with E-state index >= 15 is 0 Å². The molecule has 267 valence electrons. The van der Waals surface area contributed by atoms with E-state index in [2.05, 4.69) is 80.8 Å². The van der Waals surface area contributed by atoms with E-state index < -0.39 is 6.85 Å². The van der Waals surface area contributed by atoms with Crippen molar-refractivity contribution in [1.29, 1.82) is 0 Å². The van der Waals surface area contributed by atoms with Crippen LogP contribution in [0.3, 0.4) is 0 Å². The average Bonchev–Trinajstić information content (AvgIpc) is 3.57. The molecule has 53 heavy (non-hydrogen) atoms. The molecule has 3 aromatic carbocycles. The number of benzene rings is 3. The number of aromatic nitrogens is 7. The number of aryl methyl sites for hydroxylation is 1. The van der Waals surface area contributed by atoms with Crippen molar-refractivity contribution in [2.75, 3.05) is 0 Å². The number of rotatable bonds is 4. The van der Waals surface area contributed by atoms with Gasteiger partial charge >= 0.3 is 0 Å². The summed E-state index contributed by atoms with van der Waals surface area (Å²) in [5, 5.41) is 1.90. The number of fused-ring (bicyclic) bond motifs is 3. The van der Waals surface area contributed by atoms with Crippen LogP contribution < -0.4 is 0 Å². The van der Waals surface area contributed by atoms with Crippen LogP contribution in [0.2, 0.25) is 0 Å². The van der Waals surface area contributed by atoms with E-state index in [4.69, 9.17) is 28.5 Å². The third-order valence-corrected chi connectivity index (χ3v) is 8.19. The molecule has 0 aliphatic rings. The molecule has 8 aromatic rings. The number of nitrogens with zero attached hydrogens (tertiary/aromatic N) is 7. The van der Waals surface area contributed by atoms with Crippen LogP contribution in [-0.2, 0) is 30.9 Å². The Morgan fingerprint density at radius 1 is 0.660 bits per heavy atom.